The van der Waals surface area contributed by atoms with Crippen LogP contribution in [0.15, 0.2) is 16.7 Å². The summed E-state index contributed by atoms with van der Waals surface area (Å²) in [6.07, 6.45) is 0. The predicted octanol–water partition coefficient (Wildman–Crippen LogP) is 4.54. The summed E-state index contributed by atoms with van der Waals surface area (Å²) in [5, 5.41) is 8.75. The van der Waals surface area contributed by atoms with Crippen molar-refractivity contribution in [2.24, 2.45) is 0 Å². The molecule has 0 aliphatic heterocycles. The minimum Gasteiger partial charge on any atom is -0.361 e. The molecule has 0 spiro atoms. The van der Waals surface area contributed by atoms with E-state index in [9.17, 15) is 0 Å². The quantitative estimate of drug-likeness (QED) is 0.841. The number of aromatic nitrogens is 1. The van der Waals surface area contributed by atoms with Gasteiger partial charge in [-0.25, -0.2) is 0 Å². The molecule has 0 amide bonds. The Morgan fingerprint density at radius 2 is 1.68 bits per heavy atom. The van der Waals surface area contributed by atoms with E-state index in [1.165, 1.54) is 0 Å². The van der Waals surface area contributed by atoms with Crippen LogP contribution in [0.5, 0.6) is 0 Å². The zero-order valence-corrected chi connectivity index (χ0v) is 12.8. The minimum absolute atomic E-state index is 0.487. The molecule has 2 rings (SSSR count). The largest absolute Gasteiger partial charge is 0.361 e. The van der Waals surface area contributed by atoms with Gasteiger partial charge >= 0.3 is 0 Å². The van der Waals surface area contributed by atoms with E-state index in [2.05, 4.69) is 10.5 Å². The lowest BCUT2D eigenvalue weighted by Gasteiger charge is -2.09. The second-order valence-corrected chi connectivity index (χ2v) is 5.42. The molecule has 0 aliphatic carbocycles. The van der Waals surface area contributed by atoms with Crippen LogP contribution in [0, 0.1) is 13.8 Å². The smallest absolute Gasteiger partial charge is 0.138 e. The molecule has 0 radical (unpaired) electrons. The molecule has 0 saturated heterocycles. The van der Waals surface area contributed by atoms with Crippen molar-refractivity contribution in [2.45, 2.75) is 26.9 Å². The van der Waals surface area contributed by atoms with Crippen molar-refractivity contribution in [3.05, 3.63) is 49.8 Å². The first-order valence-electron chi connectivity index (χ1n) is 5.75. The molecule has 102 valence electrons. The molecular weight excluding hydrogens is 307 g/mol. The number of nitrogens with zero attached hydrogens (tertiary/aromatic N) is 1. The summed E-state index contributed by atoms with van der Waals surface area (Å²) >= 11 is 18.2. The molecule has 0 fully saturated rings. The normalized spacial score (nSPS) is 11.0. The van der Waals surface area contributed by atoms with E-state index >= 15 is 0 Å². The fourth-order valence-corrected chi connectivity index (χ4v) is 2.48. The molecule has 0 atom stereocenters. The molecule has 1 N–H and O–H groups in total. The summed E-state index contributed by atoms with van der Waals surface area (Å²) in [5.74, 6) is 0.813. The third kappa shape index (κ3) is 3.23. The Bertz CT molecular complexity index is 576. The van der Waals surface area contributed by atoms with E-state index in [0.717, 1.165) is 22.6 Å². The standard InChI is InChI=1S/C13H13Cl3N2O/c1-7-9(8(2)19-18-7)5-17-6-10-11(14)3-4-12(15)13(10)16/h3-4,17H,5-6H2,1-2H3. The fourth-order valence-electron chi connectivity index (χ4n) is 1.80. The molecule has 0 aliphatic rings. The molecule has 1 aromatic heterocycles. The highest BCUT2D eigenvalue weighted by atomic mass is 35.5. The monoisotopic (exact) mass is 318 g/mol. The first kappa shape index (κ1) is 14.7. The van der Waals surface area contributed by atoms with Crippen LogP contribution < -0.4 is 5.32 Å². The topological polar surface area (TPSA) is 38.1 Å². The van der Waals surface area contributed by atoms with Crippen molar-refractivity contribution in [1.29, 1.82) is 0 Å². The van der Waals surface area contributed by atoms with Gasteiger partial charge in [0.15, 0.2) is 0 Å². The lowest BCUT2D eigenvalue weighted by Crippen LogP contribution is -2.14. The van der Waals surface area contributed by atoms with Gasteiger partial charge < -0.3 is 9.84 Å². The van der Waals surface area contributed by atoms with E-state index in [1.54, 1.807) is 12.1 Å². The van der Waals surface area contributed by atoms with E-state index < -0.39 is 0 Å². The number of hydrogen-bond donors (Lipinski definition) is 1. The van der Waals surface area contributed by atoms with Crippen molar-refractivity contribution in [2.75, 3.05) is 0 Å². The lowest BCUT2D eigenvalue weighted by molar-refractivity contribution is 0.392. The molecule has 0 bridgehead atoms. The number of nitrogens with one attached hydrogen (secondary N) is 1. The number of benzene rings is 1. The first-order valence-corrected chi connectivity index (χ1v) is 6.89. The van der Waals surface area contributed by atoms with Gasteiger partial charge in [-0.2, -0.15) is 0 Å². The van der Waals surface area contributed by atoms with E-state index in [4.69, 9.17) is 39.3 Å². The van der Waals surface area contributed by atoms with Gasteiger partial charge in [-0.15, -0.1) is 0 Å². The van der Waals surface area contributed by atoms with Gasteiger partial charge in [0.05, 0.1) is 15.7 Å². The lowest BCUT2D eigenvalue weighted by atomic mass is 10.2. The van der Waals surface area contributed by atoms with Gasteiger partial charge in [-0.3, -0.25) is 0 Å². The Labute approximate surface area is 126 Å². The number of hydrogen-bond acceptors (Lipinski definition) is 3. The Morgan fingerprint density at radius 1 is 1.05 bits per heavy atom. The van der Waals surface area contributed by atoms with Crippen molar-refractivity contribution in [3.63, 3.8) is 0 Å². The van der Waals surface area contributed by atoms with Crippen LogP contribution in [0.1, 0.15) is 22.6 Å². The SMILES string of the molecule is Cc1noc(C)c1CNCc1c(Cl)ccc(Cl)c1Cl. The number of halogens is 3. The Morgan fingerprint density at radius 3 is 2.32 bits per heavy atom. The van der Waals surface area contributed by atoms with Crippen molar-refractivity contribution in [1.82, 2.24) is 10.5 Å². The van der Waals surface area contributed by atoms with Crippen molar-refractivity contribution < 1.29 is 4.52 Å². The van der Waals surface area contributed by atoms with Gasteiger partial charge in [0.25, 0.3) is 0 Å². The zero-order valence-electron chi connectivity index (χ0n) is 10.6. The molecule has 0 unspecified atom stereocenters. The number of rotatable bonds is 4. The van der Waals surface area contributed by atoms with Crippen LogP contribution >= 0.6 is 34.8 Å². The zero-order chi connectivity index (χ0) is 14.0. The fraction of sp³-hybridized carbons (Fsp3) is 0.308. The molecule has 1 aromatic carbocycles. The molecule has 0 saturated carbocycles. The maximum absolute atomic E-state index is 6.13. The maximum atomic E-state index is 6.13. The molecule has 3 nitrogen and oxygen atoms in total. The summed E-state index contributed by atoms with van der Waals surface area (Å²) in [5.41, 5.74) is 2.73. The summed E-state index contributed by atoms with van der Waals surface area (Å²) in [6.45, 7) is 4.96. The van der Waals surface area contributed by atoms with Crippen molar-refractivity contribution in [3.8, 4) is 0 Å². The third-order valence-corrected chi connectivity index (χ3v) is 4.12. The van der Waals surface area contributed by atoms with Crippen LogP contribution in [0.4, 0.5) is 0 Å². The highest BCUT2D eigenvalue weighted by Crippen LogP contribution is 2.31. The Balaban J connectivity index is 2.06. The minimum atomic E-state index is 0.487. The van der Waals surface area contributed by atoms with E-state index in [-0.39, 0.29) is 0 Å². The van der Waals surface area contributed by atoms with Crippen LogP contribution in [0.25, 0.3) is 0 Å². The van der Waals surface area contributed by atoms with Crippen molar-refractivity contribution >= 4 is 34.8 Å². The van der Waals surface area contributed by atoms with Crippen LogP contribution in [0.3, 0.4) is 0 Å². The maximum Gasteiger partial charge on any atom is 0.138 e. The van der Waals surface area contributed by atoms with E-state index in [1.807, 2.05) is 13.8 Å². The molecule has 19 heavy (non-hydrogen) atoms. The van der Waals surface area contributed by atoms with Gasteiger partial charge in [-0.1, -0.05) is 40.0 Å². The van der Waals surface area contributed by atoms with Gasteiger partial charge in [0, 0.05) is 29.2 Å². The highest BCUT2D eigenvalue weighted by molar-refractivity contribution is 6.44. The Kier molecular flexibility index (Phi) is 4.74. The van der Waals surface area contributed by atoms with Gasteiger partial charge in [0.2, 0.25) is 0 Å². The third-order valence-electron chi connectivity index (χ3n) is 2.92. The average Bonchev–Trinajstić information content (AvgIpc) is 2.69. The molecule has 6 heteroatoms. The summed E-state index contributed by atoms with van der Waals surface area (Å²) in [7, 11) is 0. The summed E-state index contributed by atoms with van der Waals surface area (Å²) < 4.78 is 5.10. The van der Waals surface area contributed by atoms with Crippen LogP contribution in [-0.2, 0) is 13.1 Å². The average molecular weight is 320 g/mol. The molecular formula is C13H13Cl3N2O. The number of aryl methyl sites for hydroxylation is 2. The van der Waals surface area contributed by atoms with Gasteiger partial charge in [-0.05, 0) is 26.0 Å². The Hall–Kier alpha value is -0.740. The summed E-state index contributed by atoms with van der Waals surface area (Å²) in [6, 6.07) is 3.42. The highest BCUT2D eigenvalue weighted by Gasteiger charge is 2.11. The van der Waals surface area contributed by atoms with Crippen LogP contribution in [0.2, 0.25) is 15.1 Å². The van der Waals surface area contributed by atoms with Crippen LogP contribution in [-0.4, -0.2) is 5.16 Å². The molecule has 2 aromatic rings. The van der Waals surface area contributed by atoms with Gasteiger partial charge in [0.1, 0.15) is 5.76 Å². The molecule has 1 heterocycles. The predicted molar refractivity (Wildman–Crippen MR) is 78.0 cm³/mol. The summed E-state index contributed by atoms with van der Waals surface area (Å²) in [4.78, 5) is 0. The second-order valence-electron chi connectivity index (χ2n) is 4.23. The van der Waals surface area contributed by atoms with E-state index in [0.29, 0.717) is 28.2 Å². The first-order chi connectivity index (χ1) is 9.00. The second kappa shape index (κ2) is 6.14.